The molecule has 1 aliphatic heterocycles. The number of rotatable bonds is 5. The zero-order chi connectivity index (χ0) is 16.3. The minimum Gasteiger partial charge on any atom is -0.331 e. The summed E-state index contributed by atoms with van der Waals surface area (Å²) in [5.74, 6) is 0. The van der Waals surface area contributed by atoms with Crippen LogP contribution in [0.5, 0.6) is 0 Å². The van der Waals surface area contributed by atoms with Gasteiger partial charge in [-0.1, -0.05) is 19.1 Å². The molecule has 0 aromatic heterocycles. The Balaban J connectivity index is 2.21. The van der Waals surface area contributed by atoms with Gasteiger partial charge in [-0.05, 0) is 19.4 Å². The predicted molar refractivity (Wildman–Crippen MR) is 82.3 cm³/mol. The lowest BCUT2D eigenvalue weighted by Gasteiger charge is -2.34. The number of nitro benzene ring substituents is 1. The van der Waals surface area contributed by atoms with Crippen LogP contribution >= 0.6 is 0 Å². The summed E-state index contributed by atoms with van der Waals surface area (Å²) in [6, 6.07) is 6.02. The van der Waals surface area contributed by atoms with Crippen LogP contribution in [0.2, 0.25) is 0 Å². The molecule has 1 aromatic rings. The summed E-state index contributed by atoms with van der Waals surface area (Å²) >= 11 is 0. The average Bonchev–Trinajstić information content (AvgIpc) is 2.54. The van der Waals surface area contributed by atoms with Gasteiger partial charge >= 0.3 is 0 Å². The van der Waals surface area contributed by atoms with E-state index in [0.717, 1.165) is 19.5 Å². The molecule has 2 rings (SSSR count). The van der Waals surface area contributed by atoms with E-state index in [2.05, 4.69) is 13.8 Å². The number of para-hydroxylation sites is 1. The van der Waals surface area contributed by atoms with Crippen molar-refractivity contribution in [2.75, 3.05) is 26.2 Å². The fourth-order valence-corrected chi connectivity index (χ4v) is 4.36. The van der Waals surface area contributed by atoms with E-state index >= 15 is 0 Å². The molecule has 0 aliphatic carbocycles. The van der Waals surface area contributed by atoms with E-state index < -0.39 is 14.9 Å². The molecular formula is C14H22N3O4S+. The van der Waals surface area contributed by atoms with Crippen LogP contribution in [0.3, 0.4) is 0 Å². The molecule has 1 saturated heterocycles. The van der Waals surface area contributed by atoms with Gasteiger partial charge in [-0.15, -0.1) is 0 Å². The van der Waals surface area contributed by atoms with Gasteiger partial charge in [-0.25, -0.2) is 8.42 Å². The quantitative estimate of drug-likeness (QED) is 0.621. The minimum atomic E-state index is -3.82. The molecule has 0 radical (unpaired) electrons. The first-order valence-electron chi connectivity index (χ1n) is 7.46. The van der Waals surface area contributed by atoms with Crippen LogP contribution in [0, 0.1) is 10.1 Å². The van der Waals surface area contributed by atoms with Crippen molar-refractivity contribution in [3.8, 4) is 0 Å². The van der Waals surface area contributed by atoms with Gasteiger partial charge in [0.2, 0.25) is 10.0 Å². The van der Waals surface area contributed by atoms with Crippen LogP contribution in [-0.2, 0) is 10.0 Å². The lowest BCUT2D eigenvalue weighted by Crippen LogP contribution is -3.17. The Morgan fingerprint density at radius 3 is 2.45 bits per heavy atom. The summed E-state index contributed by atoms with van der Waals surface area (Å²) in [5, 5.41) is 11.0. The Labute approximate surface area is 130 Å². The standard InChI is InChI=1S/C14H21N3O4S/c1-3-12(2)15-8-10-16(11-9-15)22(20,21)14-7-5-4-6-13(14)17(18)19/h4-7,12H,3,8-11H2,1-2H3/p+1. The number of benzene rings is 1. The normalized spacial score (nSPS) is 19.0. The van der Waals surface area contributed by atoms with Crippen LogP contribution in [-0.4, -0.2) is 49.9 Å². The van der Waals surface area contributed by atoms with E-state index in [-0.39, 0.29) is 10.6 Å². The zero-order valence-electron chi connectivity index (χ0n) is 12.9. The fourth-order valence-electron chi connectivity index (χ4n) is 2.76. The number of piperazine rings is 1. The first kappa shape index (κ1) is 16.9. The second-order valence-electron chi connectivity index (χ2n) is 5.60. The number of nitrogens with zero attached hydrogens (tertiary/aromatic N) is 2. The summed E-state index contributed by atoms with van der Waals surface area (Å²) < 4.78 is 26.7. The van der Waals surface area contributed by atoms with Crippen LogP contribution in [0.4, 0.5) is 5.69 Å². The number of nitro groups is 1. The van der Waals surface area contributed by atoms with E-state index in [9.17, 15) is 18.5 Å². The maximum Gasteiger partial charge on any atom is 0.289 e. The van der Waals surface area contributed by atoms with Crippen molar-refractivity contribution in [2.24, 2.45) is 0 Å². The third-order valence-corrected chi connectivity index (χ3v) is 6.30. The van der Waals surface area contributed by atoms with Crippen molar-refractivity contribution >= 4 is 15.7 Å². The monoisotopic (exact) mass is 328 g/mol. The Hall–Kier alpha value is -1.51. The van der Waals surface area contributed by atoms with Crippen molar-refractivity contribution in [3.63, 3.8) is 0 Å². The van der Waals surface area contributed by atoms with E-state index in [4.69, 9.17) is 0 Å². The van der Waals surface area contributed by atoms with E-state index in [1.54, 1.807) is 0 Å². The van der Waals surface area contributed by atoms with Gasteiger partial charge in [0.15, 0.2) is 4.90 Å². The number of nitrogens with one attached hydrogen (secondary N) is 1. The maximum atomic E-state index is 12.7. The summed E-state index contributed by atoms with van der Waals surface area (Å²) in [6.45, 7) is 6.53. The molecule has 122 valence electrons. The summed E-state index contributed by atoms with van der Waals surface area (Å²) in [4.78, 5) is 11.6. The van der Waals surface area contributed by atoms with Gasteiger partial charge in [-0.2, -0.15) is 4.31 Å². The molecule has 1 aromatic carbocycles. The SMILES string of the molecule is CCC(C)[NH+]1CCN(S(=O)(=O)c2ccccc2[N+](=O)[O-])CC1. The molecule has 22 heavy (non-hydrogen) atoms. The lowest BCUT2D eigenvalue weighted by molar-refractivity contribution is -0.927. The predicted octanol–water partition coefficient (Wildman–Crippen LogP) is 0.283. The largest absolute Gasteiger partial charge is 0.331 e. The smallest absolute Gasteiger partial charge is 0.289 e. The third kappa shape index (κ3) is 3.29. The summed E-state index contributed by atoms with van der Waals surface area (Å²) in [7, 11) is -3.82. The Morgan fingerprint density at radius 1 is 1.32 bits per heavy atom. The molecule has 1 unspecified atom stereocenters. The lowest BCUT2D eigenvalue weighted by atomic mass is 10.2. The highest BCUT2D eigenvalue weighted by atomic mass is 32.2. The van der Waals surface area contributed by atoms with Crippen LogP contribution < -0.4 is 4.90 Å². The third-order valence-electron chi connectivity index (χ3n) is 4.35. The number of quaternary nitrogens is 1. The highest BCUT2D eigenvalue weighted by molar-refractivity contribution is 7.89. The van der Waals surface area contributed by atoms with Gasteiger partial charge in [0, 0.05) is 6.07 Å². The molecule has 1 N–H and O–H groups in total. The first-order valence-corrected chi connectivity index (χ1v) is 8.90. The zero-order valence-corrected chi connectivity index (χ0v) is 13.7. The summed E-state index contributed by atoms with van der Waals surface area (Å²) in [6.07, 6.45) is 1.05. The second-order valence-corrected chi connectivity index (χ2v) is 7.50. The minimum absolute atomic E-state index is 0.216. The molecule has 7 nitrogen and oxygen atoms in total. The topological polar surface area (TPSA) is 85.0 Å². The molecular weight excluding hydrogens is 306 g/mol. The van der Waals surface area contributed by atoms with Crippen LogP contribution in [0.15, 0.2) is 29.2 Å². The Kier molecular flexibility index (Phi) is 5.15. The molecule has 1 atom stereocenters. The summed E-state index contributed by atoms with van der Waals surface area (Å²) in [5.41, 5.74) is -0.362. The first-order chi connectivity index (χ1) is 10.4. The van der Waals surface area contributed by atoms with Crippen molar-refractivity contribution < 1.29 is 18.2 Å². The molecule has 1 heterocycles. The molecule has 0 spiro atoms. The van der Waals surface area contributed by atoms with Crippen LogP contribution in [0.1, 0.15) is 20.3 Å². The van der Waals surface area contributed by atoms with Crippen molar-refractivity contribution in [2.45, 2.75) is 31.2 Å². The molecule has 8 heteroatoms. The van der Waals surface area contributed by atoms with Gasteiger partial charge in [-0.3, -0.25) is 10.1 Å². The molecule has 1 aliphatic rings. The van der Waals surface area contributed by atoms with Crippen LogP contribution in [0.25, 0.3) is 0 Å². The van der Waals surface area contributed by atoms with Crippen molar-refractivity contribution in [3.05, 3.63) is 34.4 Å². The Bertz CT molecular complexity index is 639. The fraction of sp³-hybridized carbons (Fsp3) is 0.571. The van der Waals surface area contributed by atoms with E-state index in [1.807, 2.05) is 0 Å². The van der Waals surface area contributed by atoms with Gasteiger partial charge < -0.3 is 4.90 Å². The number of sulfonamides is 1. The second kappa shape index (κ2) is 6.72. The molecule has 0 saturated carbocycles. The van der Waals surface area contributed by atoms with Gasteiger partial charge in [0.1, 0.15) is 0 Å². The van der Waals surface area contributed by atoms with E-state index in [1.165, 1.54) is 33.5 Å². The van der Waals surface area contributed by atoms with Gasteiger partial charge in [0.25, 0.3) is 5.69 Å². The average molecular weight is 328 g/mol. The number of hydrogen-bond donors (Lipinski definition) is 1. The molecule has 1 fully saturated rings. The van der Waals surface area contributed by atoms with Gasteiger partial charge in [0.05, 0.1) is 37.1 Å². The molecule has 0 amide bonds. The highest BCUT2D eigenvalue weighted by Gasteiger charge is 2.35. The van der Waals surface area contributed by atoms with Crippen molar-refractivity contribution in [1.29, 1.82) is 0 Å². The van der Waals surface area contributed by atoms with Crippen molar-refractivity contribution in [1.82, 2.24) is 4.31 Å². The number of hydrogen-bond acceptors (Lipinski definition) is 4. The Morgan fingerprint density at radius 2 is 1.91 bits per heavy atom. The molecule has 0 bridgehead atoms. The maximum absolute atomic E-state index is 12.7. The van der Waals surface area contributed by atoms with E-state index in [0.29, 0.717) is 19.1 Å². The highest BCUT2D eigenvalue weighted by Crippen LogP contribution is 2.26.